The highest BCUT2D eigenvalue weighted by atomic mass is 16.5. The quantitative estimate of drug-likeness (QED) is 0.728. The maximum Gasteiger partial charge on any atom is 0.119 e. The maximum absolute atomic E-state index is 8.92. The molecule has 1 aromatic carbocycles. The van der Waals surface area contributed by atoms with Crippen LogP contribution in [0.2, 0.25) is 0 Å². The van der Waals surface area contributed by atoms with Crippen LogP contribution in [0, 0.1) is 16.7 Å². The number of rotatable bonds is 8. The molecule has 19 heavy (non-hydrogen) atoms. The van der Waals surface area contributed by atoms with E-state index in [9.17, 15) is 0 Å². The minimum Gasteiger partial charge on any atom is -0.497 e. The van der Waals surface area contributed by atoms with Crippen molar-refractivity contribution in [3.63, 3.8) is 0 Å². The van der Waals surface area contributed by atoms with Crippen LogP contribution in [0.4, 0.5) is 0 Å². The van der Waals surface area contributed by atoms with Gasteiger partial charge >= 0.3 is 0 Å². The van der Waals surface area contributed by atoms with Gasteiger partial charge in [-0.05, 0) is 50.9 Å². The maximum atomic E-state index is 8.92. The Labute approximate surface area is 116 Å². The molecule has 0 aliphatic carbocycles. The molecule has 3 nitrogen and oxygen atoms in total. The summed E-state index contributed by atoms with van der Waals surface area (Å²) in [5.74, 6) is 0.898. The van der Waals surface area contributed by atoms with Crippen molar-refractivity contribution in [1.29, 1.82) is 5.26 Å². The molecule has 1 rings (SSSR count). The predicted octanol–water partition coefficient (Wildman–Crippen LogP) is 3.50. The fourth-order valence-electron chi connectivity index (χ4n) is 1.89. The largest absolute Gasteiger partial charge is 0.497 e. The molecular weight excluding hydrogens is 236 g/mol. The van der Waals surface area contributed by atoms with Crippen molar-refractivity contribution in [2.24, 2.45) is 5.41 Å². The van der Waals surface area contributed by atoms with Crippen molar-refractivity contribution in [2.45, 2.75) is 39.7 Å². The Morgan fingerprint density at radius 2 is 2.11 bits per heavy atom. The lowest BCUT2D eigenvalue weighted by atomic mass is 9.89. The number of hydrogen-bond donors (Lipinski definition) is 1. The summed E-state index contributed by atoms with van der Waals surface area (Å²) in [5, 5.41) is 12.3. The number of nitrogens with zero attached hydrogens (tertiary/aromatic N) is 1. The van der Waals surface area contributed by atoms with Crippen LogP contribution in [0.5, 0.6) is 5.75 Å². The molecule has 0 aliphatic heterocycles. The zero-order chi connectivity index (χ0) is 14.1. The van der Waals surface area contributed by atoms with Crippen molar-refractivity contribution in [3.8, 4) is 11.8 Å². The molecule has 0 aliphatic rings. The molecule has 0 spiro atoms. The summed E-state index contributed by atoms with van der Waals surface area (Å²) in [5.41, 5.74) is 1.05. The highest BCUT2D eigenvalue weighted by Gasteiger charge is 2.15. The molecule has 0 amide bonds. The van der Waals surface area contributed by atoms with Crippen LogP contribution in [-0.4, -0.2) is 13.7 Å². The summed E-state index contributed by atoms with van der Waals surface area (Å²) >= 11 is 0. The van der Waals surface area contributed by atoms with Crippen LogP contribution in [0.25, 0.3) is 0 Å². The van der Waals surface area contributed by atoms with Crippen LogP contribution in [0.3, 0.4) is 0 Å². The average molecular weight is 260 g/mol. The Morgan fingerprint density at radius 1 is 1.32 bits per heavy atom. The van der Waals surface area contributed by atoms with E-state index < -0.39 is 0 Å². The molecular formula is C16H24N2O. The van der Waals surface area contributed by atoms with Gasteiger partial charge in [-0.3, -0.25) is 0 Å². The van der Waals surface area contributed by atoms with E-state index in [2.05, 4.69) is 17.5 Å². The van der Waals surface area contributed by atoms with E-state index in [1.54, 1.807) is 7.11 Å². The highest BCUT2D eigenvalue weighted by molar-refractivity contribution is 5.28. The molecule has 0 fully saturated rings. The van der Waals surface area contributed by atoms with Crippen LogP contribution < -0.4 is 10.1 Å². The third kappa shape index (κ3) is 6.26. The van der Waals surface area contributed by atoms with Crippen LogP contribution >= 0.6 is 0 Å². The molecule has 0 unspecified atom stereocenters. The Bertz CT molecular complexity index is 421. The van der Waals surface area contributed by atoms with Crippen molar-refractivity contribution in [1.82, 2.24) is 5.32 Å². The van der Waals surface area contributed by atoms with E-state index >= 15 is 0 Å². The number of hydrogen-bond acceptors (Lipinski definition) is 3. The van der Waals surface area contributed by atoms with Gasteiger partial charge in [0.05, 0.1) is 18.6 Å². The van der Waals surface area contributed by atoms with Gasteiger partial charge in [-0.25, -0.2) is 0 Å². The number of unbranched alkanes of at least 4 members (excludes halogenated alkanes) is 1. The third-order valence-electron chi connectivity index (χ3n) is 3.17. The zero-order valence-electron chi connectivity index (χ0n) is 12.2. The van der Waals surface area contributed by atoms with E-state index in [1.807, 2.05) is 32.0 Å². The fraction of sp³-hybridized carbons (Fsp3) is 0.562. The Morgan fingerprint density at radius 3 is 2.79 bits per heavy atom. The summed E-state index contributed by atoms with van der Waals surface area (Å²) < 4.78 is 5.19. The lowest BCUT2D eigenvalue weighted by molar-refractivity contribution is 0.413. The van der Waals surface area contributed by atoms with Crippen molar-refractivity contribution in [3.05, 3.63) is 29.8 Å². The number of nitriles is 1. The SMILES string of the molecule is COc1cccc(CNCCCCC(C)(C)C#N)c1. The van der Waals surface area contributed by atoms with E-state index in [0.717, 1.165) is 38.1 Å². The van der Waals surface area contributed by atoms with E-state index in [1.165, 1.54) is 5.56 Å². The Balaban J connectivity index is 2.16. The first-order valence-electron chi connectivity index (χ1n) is 6.82. The van der Waals surface area contributed by atoms with Crippen molar-refractivity contribution < 1.29 is 4.74 Å². The second-order valence-electron chi connectivity index (χ2n) is 5.48. The summed E-state index contributed by atoms with van der Waals surface area (Å²) in [6.07, 6.45) is 3.16. The highest BCUT2D eigenvalue weighted by Crippen LogP contribution is 2.21. The van der Waals surface area contributed by atoms with Gasteiger partial charge in [-0.15, -0.1) is 0 Å². The van der Waals surface area contributed by atoms with E-state index in [0.29, 0.717) is 0 Å². The lowest BCUT2D eigenvalue weighted by Crippen LogP contribution is -2.15. The van der Waals surface area contributed by atoms with Crippen LogP contribution in [0.15, 0.2) is 24.3 Å². The second kappa shape index (κ2) is 7.81. The Kier molecular flexibility index (Phi) is 6.38. The summed E-state index contributed by atoms with van der Waals surface area (Å²) in [4.78, 5) is 0. The molecule has 0 bridgehead atoms. The second-order valence-corrected chi connectivity index (χ2v) is 5.48. The molecule has 0 radical (unpaired) electrons. The molecule has 0 aromatic heterocycles. The number of ether oxygens (including phenoxy) is 1. The monoisotopic (exact) mass is 260 g/mol. The Hall–Kier alpha value is -1.53. The van der Waals surface area contributed by atoms with Crippen LogP contribution in [-0.2, 0) is 6.54 Å². The topological polar surface area (TPSA) is 45.0 Å². The van der Waals surface area contributed by atoms with Crippen molar-refractivity contribution >= 4 is 0 Å². The van der Waals surface area contributed by atoms with E-state index in [-0.39, 0.29) is 5.41 Å². The van der Waals surface area contributed by atoms with Gasteiger partial charge in [0.15, 0.2) is 0 Å². The van der Waals surface area contributed by atoms with Gasteiger partial charge in [0, 0.05) is 6.54 Å². The first-order chi connectivity index (χ1) is 9.07. The van der Waals surface area contributed by atoms with Gasteiger partial charge in [-0.1, -0.05) is 18.6 Å². The summed E-state index contributed by atoms with van der Waals surface area (Å²) in [7, 11) is 1.68. The molecule has 3 heteroatoms. The lowest BCUT2D eigenvalue weighted by Gasteiger charge is -2.14. The minimum absolute atomic E-state index is 0.188. The van der Waals surface area contributed by atoms with Gasteiger partial charge < -0.3 is 10.1 Å². The van der Waals surface area contributed by atoms with Crippen LogP contribution in [0.1, 0.15) is 38.7 Å². The number of methoxy groups -OCH3 is 1. The van der Waals surface area contributed by atoms with Gasteiger partial charge in [-0.2, -0.15) is 5.26 Å². The van der Waals surface area contributed by atoms with Gasteiger partial charge in [0.1, 0.15) is 5.75 Å². The number of nitrogens with one attached hydrogen (secondary N) is 1. The summed E-state index contributed by atoms with van der Waals surface area (Å²) in [6.45, 7) is 5.84. The molecule has 0 heterocycles. The predicted molar refractivity (Wildman–Crippen MR) is 77.9 cm³/mol. The first kappa shape index (κ1) is 15.5. The van der Waals surface area contributed by atoms with E-state index in [4.69, 9.17) is 10.00 Å². The number of benzene rings is 1. The molecule has 0 atom stereocenters. The molecule has 0 saturated heterocycles. The molecule has 1 aromatic rings. The smallest absolute Gasteiger partial charge is 0.119 e. The van der Waals surface area contributed by atoms with Crippen molar-refractivity contribution in [2.75, 3.05) is 13.7 Å². The van der Waals surface area contributed by atoms with Gasteiger partial charge in [0.25, 0.3) is 0 Å². The molecule has 1 N–H and O–H groups in total. The zero-order valence-corrected chi connectivity index (χ0v) is 12.2. The first-order valence-corrected chi connectivity index (χ1v) is 6.82. The normalized spacial score (nSPS) is 11.1. The third-order valence-corrected chi connectivity index (χ3v) is 3.17. The average Bonchev–Trinajstić information content (AvgIpc) is 2.43. The minimum atomic E-state index is -0.188. The summed E-state index contributed by atoms with van der Waals surface area (Å²) in [6, 6.07) is 10.4. The van der Waals surface area contributed by atoms with Gasteiger partial charge in [0.2, 0.25) is 0 Å². The molecule has 0 saturated carbocycles. The molecule has 104 valence electrons. The fourth-order valence-corrected chi connectivity index (χ4v) is 1.89. The standard InChI is InChI=1S/C16H24N2O/c1-16(2,13-17)9-4-5-10-18-12-14-7-6-8-15(11-14)19-3/h6-8,11,18H,4-5,9-10,12H2,1-3H3.